The molecule has 0 aliphatic heterocycles. The molecule has 0 aliphatic carbocycles. The second kappa shape index (κ2) is 3.18. The van der Waals surface area contributed by atoms with Crippen molar-refractivity contribution in [3.05, 3.63) is 28.8 Å². The zero-order valence-electron chi connectivity index (χ0n) is 4.30. The summed E-state index contributed by atoms with van der Waals surface area (Å²) in [6, 6.07) is 0. The molecule has 5 nitrogen and oxygen atoms in total. The first-order valence-electron chi connectivity index (χ1n) is 1.93. The largest absolute Gasteiger partial charge is 0.239 e. The van der Waals surface area contributed by atoms with Crippen LogP contribution in [0.5, 0.6) is 0 Å². The molecule has 0 amide bonds. The van der Waals surface area contributed by atoms with Crippen molar-refractivity contribution in [2.24, 2.45) is 0 Å². The maximum Gasteiger partial charge on any atom is 0.170 e. The van der Waals surface area contributed by atoms with Crippen molar-refractivity contribution in [2.75, 3.05) is 0 Å². The first-order valence-corrected chi connectivity index (χ1v) is 1.93. The molecule has 0 aliphatic rings. The van der Waals surface area contributed by atoms with Gasteiger partial charge in [-0.2, -0.15) is 0 Å². The van der Waals surface area contributed by atoms with Crippen LogP contribution < -0.4 is 0 Å². The van der Waals surface area contributed by atoms with Gasteiger partial charge in [-0.3, -0.25) is 0 Å². The lowest BCUT2D eigenvalue weighted by Gasteiger charge is -1.81. The normalized spacial score (nSPS) is 8.00. The molecule has 0 atom stereocenters. The van der Waals surface area contributed by atoms with Gasteiger partial charge in [0, 0.05) is 0 Å². The number of halogens is 1. The van der Waals surface area contributed by atoms with Crippen LogP contribution in [0, 0.1) is 10.1 Å². The second-order valence-corrected chi connectivity index (χ2v) is 1.18. The Kier molecular flexibility index (Phi) is 2.86. The Morgan fingerprint density at radius 1 is 1.67 bits per heavy atom. The van der Waals surface area contributed by atoms with Crippen molar-refractivity contribution in [3.63, 3.8) is 0 Å². The van der Waals surface area contributed by atoms with Crippen molar-refractivity contribution >= 4 is 17.0 Å². The summed E-state index contributed by atoms with van der Waals surface area (Å²) in [5, 5.41) is 9.23. The zero-order chi connectivity index (χ0) is 5.98. The molecule has 0 spiro atoms. The predicted octanol–water partition coefficient (Wildman–Crippen LogP) is 0.501. The highest BCUT2D eigenvalue weighted by Crippen LogP contribution is 1.80. The fourth-order valence-electron chi connectivity index (χ4n) is 0.349. The zero-order valence-corrected chi connectivity index (χ0v) is 6.01. The molecule has 0 N–H and O–H groups in total. The monoisotopic (exact) mass is 193 g/mol. The van der Waals surface area contributed by atoms with Gasteiger partial charge in [-0.1, -0.05) is 4.68 Å². The van der Waals surface area contributed by atoms with Crippen LogP contribution in [0.4, 0.5) is 0 Å². The highest BCUT2D eigenvalue weighted by atomic mass is 79.9. The van der Waals surface area contributed by atoms with Gasteiger partial charge in [0.1, 0.15) is 0 Å². The van der Waals surface area contributed by atoms with Crippen LogP contribution in [0.15, 0.2) is 18.7 Å². The fraction of sp³-hybridized carbons (Fsp3) is 0. The van der Waals surface area contributed by atoms with Crippen LogP contribution >= 0.6 is 17.0 Å². The van der Waals surface area contributed by atoms with Crippen molar-refractivity contribution < 1.29 is 5.03 Å². The average Bonchev–Trinajstić information content (AvgIpc) is 2.12. The summed E-state index contributed by atoms with van der Waals surface area (Å²) in [5.74, 6) is 0. The minimum absolute atomic E-state index is 0. The van der Waals surface area contributed by atoms with Gasteiger partial charge in [0.25, 0.3) is 0 Å². The second-order valence-electron chi connectivity index (χ2n) is 1.18. The van der Waals surface area contributed by atoms with Gasteiger partial charge in [-0.15, -0.1) is 17.0 Å². The molecule has 1 aromatic heterocycles. The number of nitrogens with zero attached hydrogens (tertiary/aromatic N) is 3. The van der Waals surface area contributed by atoms with Crippen LogP contribution in [0.1, 0.15) is 0 Å². The summed E-state index contributed by atoms with van der Waals surface area (Å²) < 4.78 is 0.778. The number of hydrogen-bond donors (Lipinski definition) is 0. The maximum atomic E-state index is 9.79. The topological polar surface area (TPSA) is 61.0 Å². The number of rotatable bonds is 1. The van der Waals surface area contributed by atoms with E-state index in [1.54, 1.807) is 0 Å². The minimum atomic E-state index is -0.562. The third-order valence-electron chi connectivity index (χ3n) is 0.679. The molecule has 50 valence electrons. The van der Waals surface area contributed by atoms with E-state index < -0.39 is 5.03 Å². The van der Waals surface area contributed by atoms with E-state index in [0.29, 0.717) is 0 Å². The van der Waals surface area contributed by atoms with Gasteiger partial charge in [-0.05, 0) is 0 Å². The Hall–Kier alpha value is -0.910. The lowest BCUT2D eigenvalue weighted by Crippen LogP contribution is -2.04. The number of hydrogen-bond acceptors (Lipinski definition) is 3. The summed E-state index contributed by atoms with van der Waals surface area (Å²) >= 11 is 0. The fourth-order valence-corrected chi connectivity index (χ4v) is 0.349. The van der Waals surface area contributed by atoms with Crippen LogP contribution in [-0.4, -0.2) is 14.7 Å². The van der Waals surface area contributed by atoms with Crippen molar-refractivity contribution in [3.8, 4) is 0 Å². The molecule has 0 saturated carbocycles. The highest BCUT2D eigenvalue weighted by molar-refractivity contribution is 8.93. The molecule has 0 saturated heterocycles. The minimum Gasteiger partial charge on any atom is -0.239 e. The van der Waals surface area contributed by atoms with Crippen molar-refractivity contribution in [1.29, 1.82) is 0 Å². The van der Waals surface area contributed by atoms with E-state index in [2.05, 4.69) is 4.98 Å². The molecule has 1 heterocycles. The summed E-state index contributed by atoms with van der Waals surface area (Å²) in [4.78, 5) is 13.3. The van der Waals surface area contributed by atoms with Crippen molar-refractivity contribution in [2.45, 2.75) is 0 Å². The van der Waals surface area contributed by atoms with Gasteiger partial charge < -0.3 is 0 Å². The van der Waals surface area contributed by atoms with Gasteiger partial charge >= 0.3 is 0 Å². The lowest BCUT2D eigenvalue weighted by atomic mass is 11.0. The van der Waals surface area contributed by atoms with E-state index in [1.807, 2.05) is 0 Å². The molecule has 0 fully saturated rings. The van der Waals surface area contributed by atoms with Crippen LogP contribution in [-0.2, 0) is 0 Å². The van der Waals surface area contributed by atoms with Gasteiger partial charge in [0.05, 0.1) is 12.4 Å². The van der Waals surface area contributed by atoms with Gasteiger partial charge in [-0.25, -0.2) is 15.1 Å². The summed E-state index contributed by atoms with van der Waals surface area (Å²) in [7, 11) is 0. The summed E-state index contributed by atoms with van der Waals surface area (Å²) in [6.45, 7) is 0. The molecule has 0 radical (unpaired) electrons. The summed E-state index contributed by atoms with van der Waals surface area (Å²) in [6.07, 6.45) is 3.74. The molecule has 1 aromatic rings. The van der Waals surface area contributed by atoms with Crippen molar-refractivity contribution in [1.82, 2.24) is 9.66 Å². The maximum absolute atomic E-state index is 9.79. The SMILES string of the molecule is Br.O=[N+]([O-])n1ccnc1. The third kappa shape index (κ3) is 1.80. The number of nitro groups is 1. The predicted molar refractivity (Wildman–Crippen MR) is 34.9 cm³/mol. The van der Waals surface area contributed by atoms with E-state index in [9.17, 15) is 10.1 Å². The van der Waals surface area contributed by atoms with E-state index >= 15 is 0 Å². The van der Waals surface area contributed by atoms with Crippen LogP contribution in [0.3, 0.4) is 0 Å². The van der Waals surface area contributed by atoms with E-state index in [-0.39, 0.29) is 17.0 Å². The van der Waals surface area contributed by atoms with E-state index in [0.717, 1.165) is 11.0 Å². The number of aromatic nitrogens is 2. The Labute approximate surface area is 61.2 Å². The van der Waals surface area contributed by atoms with Crippen LogP contribution in [0.25, 0.3) is 0 Å². The Bertz CT molecular complexity index is 185. The first kappa shape index (κ1) is 8.09. The Morgan fingerprint density at radius 2 is 2.33 bits per heavy atom. The quantitative estimate of drug-likeness (QED) is 0.483. The van der Waals surface area contributed by atoms with E-state index in [1.165, 1.54) is 12.4 Å². The standard InChI is InChI=1S/C3H3N3O2.BrH/c7-6(8)5-2-1-4-3-5;/h1-3H;1H. The van der Waals surface area contributed by atoms with E-state index in [4.69, 9.17) is 0 Å². The lowest BCUT2D eigenvalue weighted by molar-refractivity contribution is -0.542. The summed E-state index contributed by atoms with van der Waals surface area (Å²) in [5.41, 5.74) is 0. The number of imidazole rings is 1. The van der Waals surface area contributed by atoms with Gasteiger partial charge in [0.15, 0.2) is 11.4 Å². The molecule has 0 unspecified atom stereocenters. The Morgan fingerprint density at radius 3 is 2.56 bits per heavy atom. The average molecular weight is 194 g/mol. The molecular formula is C3H4BrN3O2. The molecule has 0 aromatic carbocycles. The molecule has 9 heavy (non-hydrogen) atoms. The van der Waals surface area contributed by atoms with Crippen LogP contribution in [0.2, 0.25) is 0 Å². The molecule has 1 rings (SSSR count). The highest BCUT2D eigenvalue weighted by Gasteiger charge is 1.94. The van der Waals surface area contributed by atoms with Gasteiger partial charge in [0.2, 0.25) is 0 Å². The molecule has 0 bridgehead atoms. The third-order valence-corrected chi connectivity index (χ3v) is 0.679. The smallest absolute Gasteiger partial charge is 0.170 e. The molecular weight excluding hydrogens is 190 g/mol. The molecule has 6 heteroatoms. The first-order chi connectivity index (χ1) is 3.80. The Balaban J connectivity index is 0.000000640.